The molecular weight excluding hydrogens is 410 g/mol. The van der Waals surface area contributed by atoms with Crippen LogP contribution in [0.1, 0.15) is 29.7 Å². The molecule has 0 fully saturated rings. The van der Waals surface area contributed by atoms with Crippen LogP contribution in [0.3, 0.4) is 0 Å². The van der Waals surface area contributed by atoms with Crippen molar-refractivity contribution in [3.63, 3.8) is 0 Å². The van der Waals surface area contributed by atoms with Gasteiger partial charge in [0, 0.05) is 30.2 Å². The Kier molecular flexibility index (Phi) is 6.63. The lowest BCUT2D eigenvalue weighted by Gasteiger charge is -2.34. The second kappa shape index (κ2) is 9.58. The lowest BCUT2D eigenvalue weighted by Crippen LogP contribution is -2.49. The Morgan fingerprint density at radius 2 is 1.90 bits per heavy atom. The van der Waals surface area contributed by atoms with E-state index in [4.69, 9.17) is 4.74 Å². The van der Waals surface area contributed by atoms with E-state index in [0.717, 1.165) is 30.0 Å². The molecule has 0 aliphatic carbocycles. The van der Waals surface area contributed by atoms with Gasteiger partial charge in [-0.1, -0.05) is 36.4 Å². The fraction of sp³-hybridized carbons (Fsp3) is 0.333. The summed E-state index contributed by atoms with van der Waals surface area (Å²) in [6, 6.07) is 15.5. The summed E-state index contributed by atoms with van der Waals surface area (Å²) in [6.07, 6.45) is 2.96. The number of fused-ring (bicyclic) bond motifs is 1. The molecule has 2 aromatic carbocycles. The molecule has 0 spiro atoms. The molecule has 0 aromatic heterocycles. The summed E-state index contributed by atoms with van der Waals surface area (Å²) in [7, 11) is 0. The molecule has 31 heavy (non-hydrogen) atoms. The lowest BCUT2D eigenvalue weighted by molar-refractivity contribution is -0.139. The van der Waals surface area contributed by atoms with Crippen LogP contribution in [0.4, 0.5) is 4.79 Å². The zero-order valence-corrected chi connectivity index (χ0v) is 18.6. The van der Waals surface area contributed by atoms with Gasteiger partial charge in [0.25, 0.3) is 0 Å². The number of carbonyl (C=O) groups is 2. The standard InChI is InChI=1S/C24H27N3O3S/c1-3-30-23(28)21-20(15-27-13-12-16-6-4-5-7-18(16)14-27)25-24(29)26-22(21)17-8-10-19(31-2)11-9-17/h4-11,22H,3,12-15H2,1-2H3,(H2,25,26,29)/t22-/m0/s1. The molecule has 2 aromatic rings. The third-order valence-electron chi connectivity index (χ3n) is 5.69. The summed E-state index contributed by atoms with van der Waals surface area (Å²) in [5, 5.41) is 5.79. The molecule has 6 nitrogen and oxygen atoms in total. The first-order valence-electron chi connectivity index (χ1n) is 10.5. The Labute approximate surface area is 187 Å². The number of benzene rings is 2. The van der Waals surface area contributed by atoms with Crippen LogP contribution in [-0.2, 0) is 22.5 Å². The van der Waals surface area contributed by atoms with Gasteiger partial charge in [-0.15, -0.1) is 11.8 Å². The topological polar surface area (TPSA) is 70.7 Å². The van der Waals surface area contributed by atoms with Crippen molar-refractivity contribution in [2.45, 2.75) is 30.8 Å². The van der Waals surface area contributed by atoms with Crippen LogP contribution < -0.4 is 10.6 Å². The first-order valence-corrected chi connectivity index (χ1v) is 11.7. The fourth-order valence-corrected chi connectivity index (χ4v) is 4.56. The molecule has 0 saturated heterocycles. The highest BCUT2D eigenvalue weighted by atomic mass is 32.2. The monoisotopic (exact) mass is 437 g/mol. The van der Waals surface area contributed by atoms with E-state index in [9.17, 15) is 9.59 Å². The van der Waals surface area contributed by atoms with Crippen LogP contribution in [0.15, 0.2) is 64.7 Å². The molecule has 0 bridgehead atoms. The van der Waals surface area contributed by atoms with Gasteiger partial charge in [-0.05, 0) is 48.4 Å². The number of carbonyl (C=O) groups excluding carboxylic acids is 2. The van der Waals surface area contributed by atoms with Gasteiger partial charge in [-0.2, -0.15) is 0 Å². The van der Waals surface area contributed by atoms with Crippen molar-refractivity contribution in [3.8, 4) is 0 Å². The number of nitrogens with one attached hydrogen (secondary N) is 2. The number of esters is 1. The fourth-order valence-electron chi connectivity index (χ4n) is 4.15. The van der Waals surface area contributed by atoms with E-state index in [1.807, 2.05) is 36.6 Å². The van der Waals surface area contributed by atoms with Crippen molar-refractivity contribution in [1.29, 1.82) is 0 Å². The highest BCUT2D eigenvalue weighted by Crippen LogP contribution is 2.30. The highest BCUT2D eigenvalue weighted by Gasteiger charge is 2.34. The van der Waals surface area contributed by atoms with E-state index in [-0.39, 0.29) is 12.6 Å². The Morgan fingerprint density at radius 1 is 1.16 bits per heavy atom. The van der Waals surface area contributed by atoms with E-state index in [0.29, 0.717) is 17.8 Å². The van der Waals surface area contributed by atoms with E-state index < -0.39 is 12.0 Å². The minimum Gasteiger partial charge on any atom is -0.463 e. The number of amides is 2. The second-order valence-corrected chi connectivity index (χ2v) is 8.53. The third-order valence-corrected chi connectivity index (χ3v) is 6.43. The van der Waals surface area contributed by atoms with Crippen LogP contribution >= 0.6 is 11.8 Å². The molecular formula is C24H27N3O3S. The van der Waals surface area contributed by atoms with Crippen molar-refractivity contribution in [3.05, 3.63) is 76.5 Å². The van der Waals surface area contributed by atoms with Gasteiger partial charge in [0.1, 0.15) is 0 Å². The smallest absolute Gasteiger partial charge is 0.338 e. The van der Waals surface area contributed by atoms with Gasteiger partial charge in [-0.25, -0.2) is 9.59 Å². The predicted octanol–water partition coefficient (Wildman–Crippen LogP) is 3.64. The zero-order valence-electron chi connectivity index (χ0n) is 17.8. The molecule has 1 atom stereocenters. The first-order chi connectivity index (χ1) is 15.1. The number of hydrogen-bond acceptors (Lipinski definition) is 5. The molecule has 2 aliphatic heterocycles. The second-order valence-electron chi connectivity index (χ2n) is 7.65. The minimum atomic E-state index is -0.546. The molecule has 162 valence electrons. The van der Waals surface area contributed by atoms with Gasteiger partial charge in [0.2, 0.25) is 0 Å². The Hall–Kier alpha value is -2.77. The summed E-state index contributed by atoms with van der Waals surface area (Å²) >= 11 is 1.65. The molecule has 2 heterocycles. The first kappa shape index (κ1) is 21.5. The maximum absolute atomic E-state index is 13.0. The van der Waals surface area contributed by atoms with Gasteiger partial charge in [0.15, 0.2) is 0 Å². The summed E-state index contributed by atoms with van der Waals surface area (Å²) < 4.78 is 5.38. The molecule has 0 unspecified atom stereocenters. The van der Waals surface area contributed by atoms with Crippen LogP contribution in [0.5, 0.6) is 0 Å². The summed E-state index contributed by atoms with van der Waals surface area (Å²) in [5.41, 5.74) is 4.59. The number of thioether (sulfide) groups is 1. The molecule has 2 amide bonds. The number of ether oxygens (including phenoxy) is 1. The maximum atomic E-state index is 13.0. The van der Waals surface area contributed by atoms with E-state index in [2.05, 4.69) is 33.7 Å². The summed E-state index contributed by atoms with van der Waals surface area (Å²) in [6.45, 7) is 4.20. The van der Waals surface area contributed by atoms with Crippen molar-refractivity contribution in [2.24, 2.45) is 0 Å². The quantitative estimate of drug-likeness (QED) is 0.533. The molecule has 4 rings (SSSR count). The van der Waals surface area contributed by atoms with Crippen molar-refractivity contribution < 1.29 is 14.3 Å². The lowest BCUT2D eigenvalue weighted by atomic mass is 9.94. The Balaban J connectivity index is 1.66. The average molecular weight is 438 g/mol. The van der Waals surface area contributed by atoms with Gasteiger partial charge in [-0.3, -0.25) is 4.90 Å². The third kappa shape index (κ3) is 4.78. The maximum Gasteiger partial charge on any atom is 0.338 e. The van der Waals surface area contributed by atoms with Crippen molar-refractivity contribution in [2.75, 3.05) is 26.0 Å². The minimum absolute atomic E-state index is 0.277. The van der Waals surface area contributed by atoms with Crippen molar-refractivity contribution in [1.82, 2.24) is 15.5 Å². The Bertz CT molecular complexity index is 1000. The highest BCUT2D eigenvalue weighted by molar-refractivity contribution is 7.98. The van der Waals surface area contributed by atoms with Crippen LogP contribution in [0, 0.1) is 0 Å². The molecule has 2 aliphatic rings. The normalized spacial score (nSPS) is 18.8. The molecule has 0 saturated carbocycles. The zero-order chi connectivity index (χ0) is 21.8. The van der Waals surface area contributed by atoms with E-state index >= 15 is 0 Å². The Morgan fingerprint density at radius 3 is 2.61 bits per heavy atom. The van der Waals surface area contributed by atoms with Crippen LogP contribution in [0.2, 0.25) is 0 Å². The van der Waals surface area contributed by atoms with Crippen LogP contribution in [-0.4, -0.2) is 42.9 Å². The SMILES string of the molecule is CCOC(=O)C1=C(CN2CCc3ccccc3C2)NC(=O)N[C@H]1c1ccc(SC)cc1. The number of urea groups is 1. The van der Waals surface area contributed by atoms with Gasteiger partial charge < -0.3 is 15.4 Å². The molecule has 2 N–H and O–H groups in total. The number of nitrogens with zero attached hydrogens (tertiary/aromatic N) is 1. The average Bonchev–Trinajstić information content (AvgIpc) is 2.79. The van der Waals surface area contributed by atoms with Gasteiger partial charge >= 0.3 is 12.0 Å². The molecule has 7 heteroatoms. The predicted molar refractivity (Wildman–Crippen MR) is 122 cm³/mol. The van der Waals surface area contributed by atoms with Crippen molar-refractivity contribution >= 4 is 23.8 Å². The summed E-state index contributed by atoms with van der Waals surface area (Å²) in [4.78, 5) is 28.9. The van der Waals surface area contributed by atoms with E-state index in [1.165, 1.54) is 11.1 Å². The summed E-state index contributed by atoms with van der Waals surface area (Å²) in [5.74, 6) is -0.402. The largest absolute Gasteiger partial charge is 0.463 e. The number of rotatable bonds is 6. The molecule has 0 radical (unpaired) electrons. The number of hydrogen-bond donors (Lipinski definition) is 2. The van der Waals surface area contributed by atoms with Gasteiger partial charge in [0.05, 0.1) is 18.2 Å². The van der Waals surface area contributed by atoms with Crippen LogP contribution in [0.25, 0.3) is 0 Å². The van der Waals surface area contributed by atoms with E-state index in [1.54, 1.807) is 18.7 Å².